The molecule has 0 saturated heterocycles. The number of aromatic nitrogens is 3. The number of ether oxygens (including phenoxy) is 2. The lowest BCUT2D eigenvalue weighted by Crippen LogP contribution is -2.39. The number of carbonyl (C=O) groups is 1. The number of nitrogens with one attached hydrogen (secondary N) is 1. The third-order valence-corrected chi connectivity index (χ3v) is 8.61. The van der Waals surface area contributed by atoms with E-state index in [2.05, 4.69) is 22.2 Å². The number of anilines is 2. The van der Waals surface area contributed by atoms with E-state index < -0.39 is 5.60 Å². The van der Waals surface area contributed by atoms with Crippen LogP contribution in [0.15, 0.2) is 30.6 Å². The van der Waals surface area contributed by atoms with Crippen molar-refractivity contribution < 1.29 is 14.3 Å². The first-order valence-corrected chi connectivity index (χ1v) is 14.1. The van der Waals surface area contributed by atoms with Crippen molar-refractivity contribution in [3.63, 3.8) is 0 Å². The molecule has 3 N–H and O–H groups in total. The van der Waals surface area contributed by atoms with E-state index in [0.717, 1.165) is 46.5 Å². The fraction of sp³-hybridized carbons (Fsp3) is 0.500. The van der Waals surface area contributed by atoms with Crippen molar-refractivity contribution in [1.29, 1.82) is 0 Å². The monoisotopic (exact) mass is 521 g/mol. The molecule has 0 bridgehead atoms. The Labute approximate surface area is 222 Å². The molecule has 9 heteroatoms. The number of cyclic esters (lactones) is 1. The Morgan fingerprint density at radius 3 is 2.73 bits per heavy atom. The third-order valence-electron chi connectivity index (χ3n) is 7.49. The highest BCUT2D eigenvalue weighted by Gasteiger charge is 2.40. The van der Waals surface area contributed by atoms with Crippen molar-refractivity contribution >= 4 is 40.1 Å². The van der Waals surface area contributed by atoms with Gasteiger partial charge in [-0.2, -0.15) is 11.8 Å². The average Bonchev–Trinajstić information content (AvgIpc) is 2.83. The summed E-state index contributed by atoms with van der Waals surface area (Å²) in [5, 5.41) is 5.10. The molecule has 37 heavy (non-hydrogen) atoms. The summed E-state index contributed by atoms with van der Waals surface area (Å²) in [6.45, 7) is 9.97. The molecule has 196 valence electrons. The highest BCUT2D eigenvalue weighted by Crippen LogP contribution is 2.39. The Hall–Kier alpha value is -2.91. The molecule has 1 fully saturated rings. The zero-order valence-corrected chi connectivity index (χ0v) is 22.9. The molecule has 3 aromatic heterocycles. The van der Waals surface area contributed by atoms with Gasteiger partial charge in [-0.15, -0.1) is 0 Å². The molecule has 1 aliphatic heterocycles. The van der Waals surface area contributed by atoms with Crippen molar-refractivity contribution in [2.24, 2.45) is 11.7 Å². The molecule has 0 radical (unpaired) electrons. The number of thioether (sulfide) groups is 1. The van der Waals surface area contributed by atoms with Gasteiger partial charge in [0.25, 0.3) is 0 Å². The second-order valence-corrected chi connectivity index (χ2v) is 11.9. The normalized spacial score (nSPS) is 23.1. The fourth-order valence-electron chi connectivity index (χ4n) is 4.90. The van der Waals surface area contributed by atoms with Crippen molar-refractivity contribution in [1.82, 2.24) is 15.0 Å². The topological polar surface area (TPSA) is 112 Å². The molecule has 3 aromatic rings. The zero-order valence-electron chi connectivity index (χ0n) is 22.1. The summed E-state index contributed by atoms with van der Waals surface area (Å²) in [5.41, 5.74) is 7.81. The van der Waals surface area contributed by atoms with Crippen LogP contribution in [-0.2, 0) is 4.74 Å². The van der Waals surface area contributed by atoms with Crippen LogP contribution in [0, 0.1) is 5.92 Å². The van der Waals surface area contributed by atoms with Gasteiger partial charge in [0, 0.05) is 24.4 Å². The number of nitrogens with zero attached hydrogens (tertiary/aromatic N) is 3. The van der Waals surface area contributed by atoms with Gasteiger partial charge < -0.3 is 20.5 Å². The quantitative estimate of drug-likeness (QED) is 0.358. The third kappa shape index (κ3) is 5.11. The van der Waals surface area contributed by atoms with E-state index in [1.165, 1.54) is 5.75 Å². The molecule has 1 aliphatic carbocycles. The number of esters is 1. The molecule has 0 aromatic carbocycles. The molecule has 5 rings (SSSR count). The van der Waals surface area contributed by atoms with Crippen LogP contribution < -0.4 is 15.8 Å². The summed E-state index contributed by atoms with van der Waals surface area (Å²) in [6, 6.07) is 5.30. The van der Waals surface area contributed by atoms with E-state index in [1.807, 2.05) is 51.7 Å². The molecule has 8 nitrogen and oxygen atoms in total. The van der Waals surface area contributed by atoms with Crippen LogP contribution in [0.5, 0.6) is 5.88 Å². The Morgan fingerprint density at radius 2 is 2.00 bits per heavy atom. The number of pyridine rings is 3. The predicted octanol–water partition coefficient (Wildman–Crippen LogP) is 5.75. The summed E-state index contributed by atoms with van der Waals surface area (Å²) in [7, 11) is 0. The van der Waals surface area contributed by atoms with Crippen LogP contribution in [0.25, 0.3) is 10.8 Å². The molecule has 0 amide bonds. The van der Waals surface area contributed by atoms with E-state index in [1.54, 1.807) is 18.3 Å². The minimum Gasteiger partial charge on any atom is -0.474 e. The van der Waals surface area contributed by atoms with E-state index in [0.29, 0.717) is 23.1 Å². The lowest BCUT2D eigenvalue weighted by atomic mass is 9.84. The predicted molar refractivity (Wildman–Crippen MR) is 148 cm³/mol. The summed E-state index contributed by atoms with van der Waals surface area (Å²) >= 11 is 1.99. The lowest BCUT2D eigenvalue weighted by Gasteiger charge is -2.36. The van der Waals surface area contributed by atoms with E-state index in [9.17, 15) is 4.79 Å². The van der Waals surface area contributed by atoms with Crippen molar-refractivity contribution in [3.8, 4) is 5.88 Å². The first-order valence-electron chi connectivity index (χ1n) is 13.0. The Kier molecular flexibility index (Phi) is 7.02. The maximum atomic E-state index is 12.4. The van der Waals surface area contributed by atoms with Gasteiger partial charge in [-0.3, -0.25) is 0 Å². The summed E-state index contributed by atoms with van der Waals surface area (Å²) in [6.07, 6.45) is 5.91. The highest BCUT2D eigenvalue weighted by molar-refractivity contribution is 7.99. The minimum absolute atomic E-state index is 0.0475. The SMILES string of the molecule is CCSCC1CC(Oc2ncc(C(C)N)c3cc(Nc4ccc5c(n4)C(C)C(C)(C)OC5=O)ncc23)C1. The zero-order chi connectivity index (χ0) is 26.3. The first-order chi connectivity index (χ1) is 17.7. The van der Waals surface area contributed by atoms with Crippen LogP contribution in [-0.4, -0.2) is 44.1 Å². The molecular formula is C28H35N5O3S. The fourth-order valence-corrected chi connectivity index (χ4v) is 5.74. The van der Waals surface area contributed by atoms with Gasteiger partial charge in [0.15, 0.2) is 0 Å². The molecule has 1 saturated carbocycles. The molecular weight excluding hydrogens is 486 g/mol. The summed E-state index contributed by atoms with van der Waals surface area (Å²) in [4.78, 5) is 26.4. The largest absolute Gasteiger partial charge is 0.474 e. The number of rotatable bonds is 8. The summed E-state index contributed by atoms with van der Waals surface area (Å²) < 4.78 is 11.9. The molecule has 2 aliphatic rings. The van der Waals surface area contributed by atoms with Gasteiger partial charge >= 0.3 is 5.97 Å². The van der Waals surface area contributed by atoms with E-state index >= 15 is 0 Å². The van der Waals surface area contributed by atoms with Crippen LogP contribution in [0.1, 0.15) is 81.0 Å². The van der Waals surface area contributed by atoms with Gasteiger partial charge in [0.1, 0.15) is 23.3 Å². The maximum Gasteiger partial charge on any atom is 0.340 e. The highest BCUT2D eigenvalue weighted by atomic mass is 32.2. The summed E-state index contributed by atoms with van der Waals surface area (Å²) in [5.74, 6) is 4.52. The lowest BCUT2D eigenvalue weighted by molar-refractivity contribution is -0.0189. The van der Waals surface area contributed by atoms with Crippen LogP contribution >= 0.6 is 11.8 Å². The number of hydrogen-bond donors (Lipinski definition) is 2. The number of fused-ring (bicyclic) bond motifs is 2. The van der Waals surface area contributed by atoms with E-state index in [4.69, 9.17) is 20.2 Å². The first kappa shape index (κ1) is 25.7. The van der Waals surface area contributed by atoms with Crippen LogP contribution in [0.4, 0.5) is 11.6 Å². The maximum absolute atomic E-state index is 12.4. The molecule has 0 spiro atoms. The number of nitrogens with two attached hydrogens (primary N) is 1. The number of hydrogen-bond acceptors (Lipinski definition) is 9. The van der Waals surface area contributed by atoms with Gasteiger partial charge in [-0.25, -0.2) is 19.7 Å². The van der Waals surface area contributed by atoms with Crippen molar-refractivity contribution in [2.45, 2.75) is 71.1 Å². The Bertz CT molecular complexity index is 1320. The van der Waals surface area contributed by atoms with Crippen LogP contribution in [0.2, 0.25) is 0 Å². The standard InChI is InChI=1S/C28H35N5O3S/c1-6-37-14-17-9-18(10-17)35-26-22-13-30-24(11-20(22)21(12-31-26)16(3)29)32-23-8-7-19-25(33-23)15(2)28(4,5)36-27(19)34/h7-8,11-13,15-18H,6,9-10,14,29H2,1-5H3,(H,30,32,33). The molecule has 4 heterocycles. The van der Waals surface area contributed by atoms with Crippen molar-refractivity contribution in [3.05, 3.63) is 47.4 Å². The number of carbonyl (C=O) groups excluding carboxylic acids is 1. The second-order valence-electron chi connectivity index (χ2n) is 10.6. The minimum atomic E-state index is -0.623. The van der Waals surface area contributed by atoms with Crippen LogP contribution in [0.3, 0.4) is 0 Å². The van der Waals surface area contributed by atoms with Crippen molar-refractivity contribution in [2.75, 3.05) is 16.8 Å². The van der Waals surface area contributed by atoms with E-state index in [-0.39, 0.29) is 24.0 Å². The van der Waals surface area contributed by atoms with Gasteiger partial charge in [-0.05, 0) is 80.2 Å². The Balaban J connectivity index is 1.41. The van der Waals surface area contributed by atoms with Gasteiger partial charge in [-0.1, -0.05) is 13.8 Å². The molecule has 2 atom stereocenters. The second kappa shape index (κ2) is 10.1. The Morgan fingerprint density at radius 1 is 1.22 bits per heavy atom. The molecule has 2 unspecified atom stereocenters. The average molecular weight is 522 g/mol. The smallest absolute Gasteiger partial charge is 0.340 e. The van der Waals surface area contributed by atoms with Gasteiger partial charge in [0.05, 0.1) is 16.6 Å². The van der Waals surface area contributed by atoms with Gasteiger partial charge in [0.2, 0.25) is 5.88 Å².